The van der Waals surface area contributed by atoms with Crippen LogP contribution in [0.3, 0.4) is 0 Å². The minimum absolute atomic E-state index is 0.0230. The lowest BCUT2D eigenvalue weighted by molar-refractivity contribution is 0.0470. The summed E-state index contributed by atoms with van der Waals surface area (Å²) in [7, 11) is 3.08. The summed E-state index contributed by atoms with van der Waals surface area (Å²) in [5.41, 5.74) is 1.61. The Bertz CT molecular complexity index is 704. The van der Waals surface area contributed by atoms with Crippen LogP contribution < -0.4 is 9.47 Å². The molecule has 0 saturated carbocycles. The monoisotopic (exact) mass is 314 g/mol. The molecule has 0 radical (unpaired) electrons. The van der Waals surface area contributed by atoms with Gasteiger partial charge in [-0.25, -0.2) is 4.79 Å². The van der Waals surface area contributed by atoms with Crippen molar-refractivity contribution in [3.05, 3.63) is 59.2 Å². The average Bonchev–Trinajstić information content (AvgIpc) is 2.59. The molecule has 5 heteroatoms. The number of carbonyl (C=O) groups excluding carboxylic acids is 2. The molecule has 0 spiro atoms. The van der Waals surface area contributed by atoms with Gasteiger partial charge < -0.3 is 14.2 Å². The van der Waals surface area contributed by atoms with Crippen molar-refractivity contribution in [2.45, 2.75) is 13.5 Å². The fraction of sp³-hybridized carbons (Fsp3) is 0.222. The molecule has 0 bridgehead atoms. The molecule has 2 aromatic carbocycles. The second-order valence-electron chi connectivity index (χ2n) is 4.89. The highest BCUT2D eigenvalue weighted by molar-refractivity contribution is 5.94. The Morgan fingerprint density at radius 1 is 0.913 bits per heavy atom. The summed E-state index contributed by atoms with van der Waals surface area (Å²) in [5, 5.41) is 0. The maximum absolute atomic E-state index is 12.1. The van der Waals surface area contributed by atoms with E-state index in [-0.39, 0.29) is 12.4 Å². The molecule has 0 heterocycles. The van der Waals surface area contributed by atoms with Crippen LogP contribution in [0.1, 0.15) is 33.2 Å². The molecule has 2 aromatic rings. The zero-order valence-corrected chi connectivity index (χ0v) is 13.3. The van der Waals surface area contributed by atoms with Gasteiger partial charge in [0.25, 0.3) is 0 Å². The van der Waals surface area contributed by atoms with E-state index in [1.165, 1.54) is 14.0 Å². The standard InChI is InChI=1S/C18H18O5/c1-12(19)14-6-9-17(22-3)15(10-14)11-23-18(20)13-4-7-16(21-2)8-5-13/h4-10H,11H2,1-3H3. The van der Waals surface area contributed by atoms with Crippen molar-refractivity contribution in [1.82, 2.24) is 0 Å². The number of ether oxygens (including phenoxy) is 3. The maximum Gasteiger partial charge on any atom is 0.338 e. The predicted molar refractivity (Wildman–Crippen MR) is 85.1 cm³/mol. The van der Waals surface area contributed by atoms with Crippen LogP contribution in [-0.2, 0) is 11.3 Å². The van der Waals surface area contributed by atoms with Gasteiger partial charge in [0.2, 0.25) is 0 Å². The number of rotatable bonds is 6. The van der Waals surface area contributed by atoms with Crippen molar-refractivity contribution in [3.63, 3.8) is 0 Å². The maximum atomic E-state index is 12.1. The van der Waals surface area contributed by atoms with Gasteiger partial charge in [-0.05, 0) is 49.4 Å². The largest absolute Gasteiger partial charge is 0.497 e. The fourth-order valence-corrected chi connectivity index (χ4v) is 2.06. The van der Waals surface area contributed by atoms with Gasteiger partial charge in [-0.3, -0.25) is 4.79 Å². The number of hydrogen-bond donors (Lipinski definition) is 0. The highest BCUT2D eigenvalue weighted by Gasteiger charge is 2.12. The van der Waals surface area contributed by atoms with E-state index in [1.54, 1.807) is 49.6 Å². The highest BCUT2D eigenvalue weighted by atomic mass is 16.5. The Morgan fingerprint density at radius 2 is 1.57 bits per heavy atom. The third-order valence-corrected chi connectivity index (χ3v) is 3.37. The Kier molecular flexibility index (Phi) is 5.36. The van der Waals surface area contributed by atoms with E-state index in [0.29, 0.717) is 28.2 Å². The summed E-state index contributed by atoms with van der Waals surface area (Å²) in [5.74, 6) is 0.716. The second-order valence-corrected chi connectivity index (χ2v) is 4.89. The lowest BCUT2D eigenvalue weighted by atomic mass is 10.1. The molecule has 0 fully saturated rings. The molecule has 0 aliphatic rings. The van der Waals surface area contributed by atoms with Crippen molar-refractivity contribution < 1.29 is 23.8 Å². The van der Waals surface area contributed by atoms with Gasteiger partial charge in [0.05, 0.1) is 19.8 Å². The quantitative estimate of drug-likeness (QED) is 0.605. The Hall–Kier alpha value is -2.82. The summed E-state index contributed by atoms with van der Waals surface area (Å²) in [6, 6.07) is 11.7. The number of carbonyl (C=O) groups is 2. The summed E-state index contributed by atoms with van der Waals surface area (Å²) in [4.78, 5) is 23.5. The molecule has 5 nitrogen and oxygen atoms in total. The molecular weight excluding hydrogens is 296 g/mol. The van der Waals surface area contributed by atoms with Crippen molar-refractivity contribution in [3.8, 4) is 11.5 Å². The third-order valence-electron chi connectivity index (χ3n) is 3.37. The summed E-state index contributed by atoms with van der Waals surface area (Å²) in [6.45, 7) is 1.50. The lowest BCUT2D eigenvalue weighted by Gasteiger charge is -2.11. The molecule has 2 rings (SSSR count). The number of methoxy groups -OCH3 is 2. The van der Waals surface area contributed by atoms with Gasteiger partial charge in [-0.15, -0.1) is 0 Å². The number of ketones is 1. The van der Waals surface area contributed by atoms with Gasteiger partial charge >= 0.3 is 5.97 Å². The smallest absolute Gasteiger partial charge is 0.338 e. The van der Waals surface area contributed by atoms with E-state index in [2.05, 4.69) is 0 Å². The molecule has 23 heavy (non-hydrogen) atoms. The molecule has 120 valence electrons. The molecule has 0 aliphatic carbocycles. The summed E-state index contributed by atoms with van der Waals surface area (Å²) < 4.78 is 15.6. The first-order valence-corrected chi connectivity index (χ1v) is 7.04. The average molecular weight is 314 g/mol. The molecule has 0 atom stereocenters. The van der Waals surface area contributed by atoms with Gasteiger partial charge in [-0.2, -0.15) is 0 Å². The second kappa shape index (κ2) is 7.45. The summed E-state index contributed by atoms with van der Waals surface area (Å²) >= 11 is 0. The molecular formula is C18H18O5. The first-order valence-electron chi connectivity index (χ1n) is 7.04. The van der Waals surface area contributed by atoms with Crippen LogP contribution in [0.25, 0.3) is 0 Å². The number of hydrogen-bond acceptors (Lipinski definition) is 5. The fourth-order valence-electron chi connectivity index (χ4n) is 2.06. The third kappa shape index (κ3) is 4.10. The van der Waals surface area contributed by atoms with Crippen LogP contribution in [-0.4, -0.2) is 26.0 Å². The van der Waals surface area contributed by atoms with Crippen LogP contribution in [0.15, 0.2) is 42.5 Å². The number of Topliss-reactive ketones (excluding diaryl/α,β-unsaturated/α-hetero) is 1. The molecule has 0 saturated heterocycles. The zero-order valence-electron chi connectivity index (χ0n) is 13.3. The Labute approximate surface area is 134 Å². The van der Waals surface area contributed by atoms with Crippen LogP contribution in [0.2, 0.25) is 0 Å². The van der Waals surface area contributed by atoms with Gasteiger partial charge in [0.15, 0.2) is 5.78 Å². The highest BCUT2D eigenvalue weighted by Crippen LogP contribution is 2.22. The molecule has 0 amide bonds. The minimum atomic E-state index is -0.456. The Morgan fingerprint density at radius 3 is 2.13 bits per heavy atom. The van der Waals surface area contributed by atoms with E-state index in [4.69, 9.17) is 14.2 Å². The first kappa shape index (κ1) is 16.5. The molecule has 0 unspecified atom stereocenters. The van der Waals surface area contributed by atoms with E-state index < -0.39 is 5.97 Å². The Balaban J connectivity index is 2.11. The van der Waals surface area contributed by atoms with Crippen molar-refractivity contribution in [1.29, 1.82) is 0 Å². The zero-order chi connectivity index (χ0) is 16.8. The van der Waals surface area contributed by atoms with Crippen LogP contribution in [0.5, 0.6) is 11.5 Å². The molecule has 0 aliphatic heterocycles. The predicted octanol–water partition coefficient (Wildman–Crippen LogP) is 3.26. The molecule has 0 N–H and O–H groups in total. The lowest BCUT2D eigenvalue weighted by Crippen LogP contribution is -2.07. The number of esters is 1. The van der Waals surface area contributed by atoms with E-state index >= 15 is 0 Å². The van der Waals surface area contributed by atoms with Crippen LogP contribution in [0.4, 0.5) is 0 Å². The summed E-state index contributed by atoms with van der Waals surface area (Å²) in [6.07, 6.45) is 0. The van der Waals surface area contributed by atoms with E-state index in [9.17, 15) is 9.59 Å². The van der Waals surface area contributed by atoms with Gasteiger partial charge in [0.1, 0.15) is 18.1 Å². The van der Waals surface area contributed by atoms with Crippen molar-refractivity contribution in [2.24, 2.45) is 0 Å². The molecule has 0 aromatic heterocycles. The van der Waals surface area contributed by atoms with Crippen LogP contribution in [0, 0.1) is 0 Å². The normalized spacial score (nSPS) is 10.0. The van der Waals surface area contributed by atoms with Gasteiger partial charge in [-0.1, -0.05) is 0 Å². The topological polar surface area (TPSA) is 61.8 Å². The van der Waals surface area contributed by atoms with Crippen LogP contribution >= 0.6 is 0 Å². The van der Waals surface area contributed by atoms with E-state index in [0.717, 1.165) is 0 Å². The van der Waals surface area contributed by atoms with Crippen molar-refractivity contribution in [2.75, 3.05) is 14.2 Å². The van der Waals surface area contributed by atoms with Gasteiger partial charge in [0, 0.05) is 11.1 Å². The SMILES string of the molecule is COc1ccc(C(=O)OCc2cc(C(C)=O)ccc2OC)cc1. The number of benzene rings is 2. The van der Waals surface area contributed by atoms with Crippen molar-refractivity contribution >= 4 is 11.8 Å². The first-order chi connectivity index (χ1) is 11.0. The van der Waals surface area contributed by atoms with E-state index in [1.807, 2.05) is 0 Å². The minimum Gasteiger partial charge on any atom is -0.497 e.